The first-order valence-corrected chi connectivity index (χ1v) is 18.4. The second-order valence-corrected chi connectivity index (χ2v) is 13.7. The molecule has 0 N–H and O–H groups in total. The Hall–Kier alpha value is -7.16. The van der Waals surface area contributed by atoms with Crippen molar-refractivity contribution >= 4 is 49.8 Å². The first kappa shape index (κ1) is 31.6. The van der Waals surface area contributed by atoms with Gasteiger partial charge in [0.1, 0.15) is 11.2 Å². The summed E-state index contributed by atoms with van der Waals surface area (Å²) in [5.41, 5.74) is 14.4. The van der Waals surface area contributed by atoms with E-state index in [4.69, 9.17) is 4.42 Å². The van der Waals surface area contributed by atoms with Crippen LogP contribution in [0.4, 0.5) is 17.1 Å². The molecule has 1 aromatic heterocycles. The highest BCUT2D eigenvalue weighted by molar-refractivity contribution is 6.09. The largest absolute Gasteiger partial charge is 0.455 e. The van der Waals surface area contributed by atoms with Crippen molar-refractivity contribution in [1.29, 1.82) is 0 Å². The molecule has 254 valence electrons. The fraction of sp³-hybridized carbons (Fsp3) is 0. The standard InChI is InChI=1S/C52H35NO/c1-3-12-36(13-4-1)38-24-28-43(29-25-38)53(44-30-26-40(27-31-44)47-19-11-20-49-48-18-9-10-21-51(48)54-52(47)49)45-32-33-46(39-15-5-2-6-16-39)50(35-45)42-23-22-37-14-7-8-17-41(37)34-42/h1-35H. The second kappa shape index (κ2) is 13.4. The lowest BCUT2D eigenvalue weighted by molar-refractivity contribution is 0.670. The molecule has 1 heterocycles. The zero-order chi connectivity index (χ0) is 35.8. The number of para-hydroxylation sites is 2. The van der Waals surface area contributed by atoms with Gasteiger partial charge in [-0.25, -0.2) is 0 Å². The van der Waals surface area contributed by atoms with E-state index in [2.05, 4.69) is 205 Å². The molecule has 0 atom stereocenters. The van der Waals surface area contributed by atoms with Gasteiger partial charge in [-0.3, -0.25) is 0 Å². The molecule has 10 aromatic rings. The van der Waals surface area contributed by atoms with Crippen LogP contribution >= 0.6 is 0 Å². The van der Waals surface area contributed by atoms with Crippen LogP contribution in [0.5, 0.6) is 0 Å². The Morgan fingerprint density at radius 2 is 0.852 bits per heavy atom. The van der Waals surface area contributed by atoms with E-state index in [-0.39, 0.29) is 0 Å². The van der Waals surface area contributed by atoms with Crippen molar-refractivity contribution in [3.05, 3.63) is 212 Å². The van der Waals surface area contributed by atoms with Gasteiger partial charge in [0.05, 0.1) is 0 Å². The van der Waals surface area contributed by atoms with E-state index in [1.165, 1.54) is 44.2 Å². The van der Waals surface area contributed by atoms with Gasteiger partial charge in [-0.05, 0) is 98.2 Å². The smallest absolute Gasteiger partial charge is 0.143 e. The molecule has 0 saturated heterocycles. The zero-order valence-corrected chi connectivity index (χ0v) is 29.6. The van der Waals surface area contributed by atoms with Gasteiger partial charge in [0.2, 0.25) is 0 Å². The molecule has 0 bridgehead atoms. The SMILES string of the molecule is c1ccc(-c2ccc(N(c3ccc(-c4cccc5c4oc4ccccc45)cc3)c3ccc(-c4ccccc4)c(-c4ccc5ccccc5c4)c3)cc2)cc1. The minimum absolute atomic E-state index is 0.905. The summed E-state index contributed by atoms with van der Waals surface area (Å²) in [5.74, 6) is 0. The van der Waals surface area contributed by atoms with E-state index >= 15 is 0 Å². The third kappa shape index (κ3) is 5.71. The van der Waals surface area contributed by atoms with Gasteiger partial charge in [0, 0.05) is 33.4 Å². The Morgan fingerprint density at radius 1 is 0.296 bits per heavy atom. The Morgan fingerprint density at radius 3 is 1.61 bits per heavy atom. The maximum Gasteiger partial charge on any atom is 0.143 e. The minimum Gasteiger partial charge on any atom is -0.455 e. The van der Waals surface area contributed by atoms with Crippen LogP contribution in [0.25, 0.3) is 77.2 Å². The Balaban J connectivity index is 1.12. The van der Waals surface area contributed by atoms with Gasteiger partial charge in [0.25, 0.3) is 0 Å². The number of rotatable bonds is 7. The quantitative estimate of drug-likeness (QED) is 0.166. The lowest BCUT2D eigenvalue weighted by Crippen LogP contribution is -2.10. The van der Waals surface area contributed by atoms with Gasteiger partial charge in [-0.1, -0.05) is 164 Å². The van der Waals surface area contributed by atoms with Crippen LogP contribution in [0.3, 0.4) is 0 Å². The summed E-state index contributed by atoms with van der Waals surface area (Å²) in [6, 6.07) is 75.9. The fourth-order valence-corrected chi connectivity index (χ4v) is 7.78. The second-order valence-electron chi connectivity index (χ2n) is 13.7. The van der Waals surface area contributed by atoms with Gasteiger partial charge in [-0.15, -0.1) is 0 Å². The molecule has 0 aliphatic carbocycles. The van der Waals surface area contributed by atoms with Crippen molar-refractivity contribution in [2.24, 2.45) is 0 Å². The molecule has 0 aliphatic heterocycles. The molecular weight excluding hydrogens is 655 g/mol. The summed E-state index contributed by atoms with van der Waals surface area (Å²) in [5, 5.41) is 4.73. The number of fused-ring (bicyclic) bond motifs is 4. The molecule has 0 saturated carbocycles. The van der Waals surface area contributed by atoms with Crippen LogP contribution in [-0.2, 0) is 0 Å². The van der Waals surface area contributed by atoms with Crippen LogP contribution in [0, 0.1) is 0 Å². The molecule has 2 heteroatoms. The third-order valence-electron chi connectivity index (χ3n) is 10.5. The molecule has 0 unspecified atom stereocenters. The predicted molar refractivity (Wildman–Crippen MR) is 228 cm³/mol. The molecule has 0 aliphatic rings. The summed E-state index contributed by atoms with van der Waals surface area (Å²) < 4.78 is 6.42. The highest BCUT2D eigenvalue weighted by Gasteiger charge is 2.18. The maximum absolute atomic E-state index is 6.42. The summed E-state index contributed by atoms with van der Waals surface area (Å²) in [4.78, 5) is 2.36. The van der Waals surface area contributed by atoms with Crippen molar-refractivity contribution in [2.45, 2.75) is 0 Å². The molecule has 2 nitrogen and oxygen atoms in total. The van der Waals surface area contributed by atoms with E-state index in [9.17, 15) is 0 Å². The lowest BCUT2D eigenvalue weighted by Gasteiger charge is -2.27. The van der Waals surface area contributed by atoms with Crippen molar-refractivity contribution in [1.82, 2.24) is 0 Å². The van der Waals surface area contributed by atoms with Crippen molar-refractivity contribution in [3.8, 4) is 44.5 Å². The molecular formula is C52H35NO. The average molecular weight is 690 g/mol. The summed E-state index contributed by atoms with van der Waals surface area (Å²) in [6.07, 6.45) is 0. The first-order valence-electron chi connectivity index (χ1n) is 18.4. The molecule has 0 spiro atoms. The Bertz CT molecular complexity index is 2910. The van der Waals surface area contributed by atoms with E-state index in [1.807, 2.05) is 12.1 Å². The van der Waals surface area contributed by atoms with Crippen LogP contribution < -0.4 is 4.90 Å². The average Bonchev–Trinajstić information content (AvgIpc) is 3.64. The van der Waals surface area contributed by atoms with Crippen LogP contribution in [0.1, 0.15) is 0 Å². The number of hydrogen-bond acceptors (Lipinski definition) is 2. The summed E-state index contributed by atoms with van der Waals surface area (Å²) in [7, 11) is 0. The molecule has 9 aromatic carbocycles. The topological polar surface area (TPSA) is 16.4 Å². The molecule has 0 radical (unpaired) electrons. The van der Waals surface area contributed by atoms with E-state index in [1.54, 1.807) is 0 Å². The van der Waals surface area contributed by atoms with Gasteiger partial charge in [0.15, 0.2) is 0 Å². The van der Waals surface area contributed by atoms with E-state index < -0.39 is 0 Å². The van der Waals surface area contributed by atoms with Gasteiger partial charge < -0.3 is 9.32 Å². The molecule has 0 amide bonds. The van der Waals surface area contributed by atoms with Crippen LogP contribution in [-0.4, -0.2) is 0 Å². The van der Waals surface area contributed by atoms with Crippen LogP contribution in [0.15, 0.2) is 217 Å². The Labute approximate surface area is 314 Å². The monoisotopic (exact) mass is 689 g/mol. The number of furan rings is 1. The zero-order valence-electron chi connectivity index (χ0n) is 29.6. The van der Waals surface area contributed by atoms with Gasteiger partial charge in [-0.2, -0.15) is 0 Å². The number of benzene rings is 9. The van der Waals surface area contributed by atoms with E-state index in [0.29, 0.717) is 0 Å². The summed E-state index contributed by atoms with van der Waals surface area (Å²) >= 11 is 0. The number of anilines is 3. The van der Waals surface area contributed by atoms with Gasteiger partial charge >= 0.3 is 0 Å². The van der Waals surface area contributed by atoms with Crippen molar-refractivity contribution in [3.63, 3.8) is 0 Å². The van der Waals surface area contributed by atoms with Crippen LogP contribution in [0.2, 0.25) is 0 Å². The number of hydrogen-bond donors (Lipinski definition) is 0. The lowest BCUT2D eigenvalue weighted by atomic mass is 9.92. The minimum atomic E-state index is 0.905. The number of nitrogens with zero attached hydrogens (tertiary/aromatic N) is 1. The molecule has 54 heavy (non-hydrogen) atoms. The normalized spacial score (nSPS) is 11.3. The van der Waals surface area contributed by atoms with Crippen molar-refractivity contribution < 1.29 is 4.42 Å². The third-order valence-corrected chi connectivity index (χ3v) is 10.5. The van der Waals surface area contributed by atoms with Crippen molar-refractivity contribution in [2.75, 3.05) is 4.90 Å². The fourth-order valence-electron chi connectivity index (χ4n) is 7.78. The molecule has 10 rings (SSSR count). The first-order chi connectivity index (χ1) is 26.8. The Kier molecular flexibility index (Phi) is 7.85. The van der Waals surface area contributed by atoms with E-state index in [0.717, 1.165) is 50.1 Å². The summed E-state index contributed by atoms with van der Waals surface area (Å²) in [6.45, 7) is 0. The highest BCUT2D eigenvalue weighted by atomic mass is 16.3. The predicted octanol–water partition coefficient (Wildman–Crippen LogP) is 14.9. The molecule has 0 fully saturated rings. The highest BCUT2D eigenvalue weighted by Crippen LogP contribution is 2.43. The maximum atomic E-state index is 6.42.